The number of aryl methyl sites for hydroxylation is 1. The van der Waals surface area contributed by atoms with Crippen LogP contribution in [-0.2, 0) is 0 Å². The SMILES string of the molecule is Cc1cccc(C(=O)Nc2ccc(-c3ccc(Cl)cc3)cc2)c1. The minimum Gasteiger partial charge on any atom is -0.322 e. The second kappa shape index (κ2) is 6.67. The van der Waals surface area contributed by atoms with E-state index in [4.69, 9.17) is 11.6 Å². The van der Waals surface area contributed by atoms with Gasteiger partial charge in [0, 0.05) is 16.3 Å². The van der Waals surface area contributed by atoms with Crippen molar-refractivity contribution in [2.24, 2.45) is 0 Å². The predicted octanol–water partition coefficient (Wildman–Crippen LogP) is 5.57. The highest BCUT2D eigenvalue weighted by molar-refractivity contribution is 6.30. The average Bonchev–Trinajstić information content (AvgIpc) is 2.56. The van der Waals surface area contributed by atoms with Gasteiger partial charge in [0.15, 0.2) is 0 Å². The number of anilines is 1. The Balaban J connectivity index is 1.75. The lowest BCUT2D eigenvalue weighted by molar-refractivity contribution is 0.102. The first-order valence-corrected chi connectivity index (χ1v) is 7.74. The van der Waals surface area contributed by atoms with Gasteiger partial charge in [-0.2, -0.15) is 0 Å². The van der Waals surface area contributed by atoms with Crippen LogP contribution in [0.3, 0.4) is 0 Å². The molecule has 1 amide bonds. The Hall–Kier alpha value is -2.58. The molecule has 3 rings (SSSR count). The largest absolute Gasteiger partial charge is 0.322 e. The molecule has 0 unspecified atom stereocenters. The minimum atomic E-state index is -0.104. The number of carbonyl (C=O) groups is 1. The normalized spacial score (nSPS) is 10.3. The average molecular weight is 322 g/mol. The van der Waals surface area contributed by atoms with Gasteiger partial charge in [-0.1, -0.05) is 53.6 Å². The van der Waals surface area contributed by atoms with Gasteiger partial charge in [0.25, 0.3) is 5.91 Å². The lowest BCUT2D eigenvalue weighted by atomic mass is 10.1. The number of halogens is 1. The van der Waals surface area contributed by atoms with Crippen molar-refractivity contribution in [1.82, 2.24) is 0 Å². The highest BCUT2D eigenvalue weighted by Gasteiger charge is 2.06. The van der Waals surface area contributed by atoms with Gasteiger partial charge in [-0.25, -0.2) is 0 Å². The Morgan fingerprint density at radius 1 is 0.870 bits per heavy atom. The molecule has 0 aliphatic rings. The van der Waals surface area contributed by atoms with Crippen LogP contribution in [0.5, 0.6) is 0 Å². The number of carbonyl (C=O) groups excluding carboxylic acids is 1. The van der Waals surface area contributed by atoms with Crippen molar-refractivity contribution in [2.45, 2.75) is 6.92 Å². The molecule has 0 aromatic heterocycles. The van der Waals surface area contributed by atoms with Crippen molar-refractivity contribution in [3.63, 3.8) is 0 Å². The van der Waals surface area contributed by atoms with Crippen LogP contribution < -0.4 is 5.32 Å². The summed E-state index contributed by atoms with van der Waals surface area (Å²) in [4.78, 5) is 12.2. The van der Waals surface area contributed by atoms with E-state index in [9.17, 15) is 4.79 Å². The van der Waals surface area contributed by atoms with E-state index >= 15 is 0 Å². The van der Waals surface area contributed by atoms with Crippen LogP contribution >= 0.6 is 11.6 Å². The molecule has 0 bridgehead atoms. The van der Waals surface area contributed by atoms with Crippen molar-refractivity contribution in [3.8, 4) is 11.1 Å². The molecular weight excluding hydrogens is 306 g/mol. The van der Waals surface area contributed by atoms with Crippen molar-refractivity contribution >= 4 is 23.2 Å². The topological polar surface area (TPSA) is 29.1 Å². The molecule has 0 radical (unpaired) electrons. The predicted molar refractivity (Wildman–Crippen MR) is 96.0 cm³/mol. The zero-order valence-corrected chi connectivity index (χ0v) is 13.5. The summed E-state index contributed by atoms with van der Waals surface area (Å²) in [6, 6.07) is 23.0. The summed E-state index contributed by atoms with van der Waals surface area (Å²) in [7, 11) is 0. The molecule has 2 nitrogen and oxygen atoms in total. The first kappa shape index (κ1) is 15.3. The fraction of sp³-hybridized carbons (Fsp3) is 0.0500. The molecule has 0 saturated carbocycles. The van der Waals surface area contributed by atoms with E-state index in [1.54, 1.807) is 0 Å². The van der Waals surface area contributed by atoms with Crippen LogP contribution in [0.2, 0.25) is 5.02 Å². The van der Waals surface area contributed by atoms with Crippen LogP contribution in [0.1, 0.15) is 15.9 Å². The summed E-state index contributed by atoms with van der Waals surface area (Å²) in [5.41, 5.74) is 4.66. The molecule has 0 aliphatic heterocycles. The molecule has 114 valence electrons. The molecule has 0 spiro atoms. The molecule has 0 saturated heterocycles. The lowest BCUT2D eigenvalue weighted by Crippen LogP contribution is -2.11. The van der Waals surface area contributed by atoms with E-state index in [0.717, 1.165) is 27.4 Å². The van der Waals surface area contributed by atoms with Crippen molar-refractivity contribution < 1.29 is 4.79 Å². The number of benzene rings is 3. The van der Waals surface area contributed by atoms with Gasteiger partial charge < -0.3 is 5.32 Å². The monoisotopic (exact) mass is 321 g/mol. The number of rotatable bonds is 3. The lowest BCUT2D eigenvalue weighted by Gasteiger charge is -2.07. The zero-order chi connectivity index (χ0) is 16.2. The van der Waals surface area contributed by atoms with Gasteiger partial charge in [0.2, 0.25) is 0 Å². The first-order chi connectivity index (χ1) is 11.1. The summed E-state index contributed by atoms with van der Waals surface area (Å²) in [6.45, 7) is 1.97. The Bertz CT molecular complexity index is 823. The molecule has 0 atom stereocenters. The Labute approximate surface area is 140 Å². The number of hydrogen-bond acceptors (Lipinski definition) is 1. The molecule has 3 aromatic carbocycles. The van der Waals surface area contributed by atoms with Crippen molar-refractivity contribution in [3.05, 3.63) is 88.9 Å². The van der Waals surface area contributed by atoms with E-state index in [1.807, 2.05) is 79.7 Å². The first-order valence-electron chi connectivity index (χ1n) is 7.36. The fourth-order valence-corrected chi connectivity index (χ4v) is 2.50. The van der Waals surface area contributed by atoms with E-state index in [-0.39, 0.29) is 5.91 Å². The van der Waals surface area contributed by atoms with Crippen molar-refractivity contribution in [2.75, 3.05) is 5.32 Å². The Morgan fingerprint density at radius 3 is 2.09 bits per heavy atom. The molecular formula is C20H16ClNO. The maximum absolute atomic E-state index is 12.2. The standard InChI is InChI=1S/C20H16ClNO/c1-14-3-2-4-17(13-14)20(23)22-19-11-7-16(8-12-19)15-5-9-18(21)10-6-15/h2-13H,1H3,(H,22,23). The second-order valence-electron chi connectivity index (χ2n) is 5.41. The van der Waals surface area contributed by atoms with E-state index in [0.29, 0.717) is 5.56 Å². The molecule has 1 N–H and O–H groups in total. The van der Waals surface area contributed by atoms with Gasteiger partial charge in [0.1, 0.15) is 0 Å². The smallest absolute Gasteiger partial charge is 0.255 e. The Kier molecular flexibility index (Phi) is 4.45. The van der Waals surface area contributed by atoms with E-state index in [1.165, 1.54) is 0 Å². The molecule has 3 aromatic rings. The summed E-state index contributed by atoms with van der Waals surface area (Å²) in [5.74, 6) is -0.104. The molecule has 0 fully saturated rings. The summed E-state index contributed by atoms with van der Waals surface area (Å²) >= 11 is 5.90. The van der Waals surface area contributed by atoms with E-state index in [2.05, 4.69) is 5.32 Å². The van der Waals surface area contributed by atoms with E-state index < -0.39 is 0 Å². The molecule has 0 heterocycles. The maximum atomic E-state index is 12.2. The minimum absolute atomic E-state index is 0.104. The maximum Gasteiger partial charge on any atom is 0.255 e. The van der Waals surface area contributed by atoms with Gasteiger partial charge >= 0.3 is 0 Å². The second-order valence-corrected chi connectivity index (χ2v) is 5.84. The third kappa shape index (κ3) is 3.79. The zero-order valence-electron chi connectivity index (χ0n) is 12.7. The Morgan fingerprint density at radius 2 is 1.48 bits per heavy atom. The summed E-state index contributed by atoms with van der Waals surface area (Å²) in [6.07, 6.45) is 0. The molecule has 3 heteroatoms. The van der Waals surface area contributed by atoms with Gasteiger partial charge in [-0.3, -0.25) is 4.79 Å². The quantitative estimate of drug-likeness (QED) is 0.671. The van der Waals surface area contributed by atoms with Crippen LogP contribution in [0, 0.1) is 6.92 Å². The van der Waals surface area contributed by atoms with Crippen molar-refractivity contribution in [1.29, 1.82) is 0 Å². The number of hydrogen-bond donors (Lipinski definition) is 1. The van der Waals surface area contributed by atoms with Crippen LogP contribution in [0.25, 0.3) is 11.1 Å². The number of nitrogens with one attached hydrogen (secondary N) is 1. The van der Waals surface area contributed by atoms with Gasteiger partial charge in [-0.15, -0.1) is 0 Å². The fourth-order valence-electron chi connectivity index (χ4n) is 2.38. The van der Waals surface area contributed by atoms with Gasteiger partial charge in [0.05, 0.1) is 0 Å². The third-order valence-electron chi connectivity index (χ3n) is 3.60. The number of amides is 1. The molecule has 23 heavy (non-hydrogen) atoms. The van der Waals surface area contributed by atoms with Gasteiger partial charge in [-0.05, 0) is 54.4 Å². The summed E-state index contributed by atoms with van der Waals surface area (Å²) in [5, 5.41) is 3.63. The third-order valence-corrected chi connectivity index (χ3v) is 3.85. The molecule has 0 aliphatic carbocycles. The highest BCUT2D eigenvalue weighted by atomic mass is 35.5. The summed E-state index contributed by atoms with van der Waals surface area (Å²) < 4.78 is 0. The van der Waals surface area contributed by atoms with Crippen LogP contribution in [0.4, 0.5) is 5.69 Å². The van der Waals surface area contributed by atoms with Crippen LogP contribution in [-0.4, -0.2) is 5.91 Å². The highest BCUT2D eigenvalue weighted by Crippen LogP contribution is 2.23. The van der Waals surface area contributed by atoms with Crippen LogP contribution in [0.15, 0.2) is 72.8 Å².